The van der Waals surface area contributed by atoms with Gasteiger partial charge in [-0.25, -0.2) is 4.79 Å². The second-order valence-electron chi connectivity index (χ2n) is 5.07. The number of carbonyl (C=O) groups is 1. The van der Waals surface area contributed by atoms with Crippen LogP contribution in [0.1, 0.15) is 31.7 Å². The van der Waals surface area contributed by atoms with Crippen molar-refractivity contribution in [3.63, 3.8) is 0 Å². The zero-order valence-electron chi connectivity index (χ0n) is 14.0. The Morgan fingerprint density at radius 1 is 0.870 bits per heavy atom. The molecule has 0 heterocycles. The van der Waals surface area contributed by atoms with E-state index in [4.69, 9.17) is 18.9 Å². The van der Waals surface area contributed by atoms with E-state index in [0.717, 1.165) is 32.5 Å². The summed E-state index contributed by atoms with van der Waals surface area (Å²) in [5.41, 5.74) is 1.20. The summed E-state index contributed by atoms with van der Waals surface area (Å²) in [5.74, 6) is -0.316. The summed E-state index contributed by atoms with van der Waals surface area (Å²) in [6, 6.07) is 10.2. The largest absolute Gasteiger partial charge is 0.464 e. The van der Waals surface area contributed by atoms with E-state index >= 15 is 0 Å². The Morgan fingerprint density at radius 2 is 1.52 bits per heavy atom. The molecule has 0 fully saturated rings. The van der Waals surface area contributed by atoms with Crippen molar-refractivity contribution in [2.75, 3.05) is 39.6 Å². The summed E-state index contributed by atoms with van der Waals surface area (Å²) in [7, 11) is 0. The van der Waals surface area contributed by atoms with Gasteiger partial charge in [0.25, 0.3) is 0 Å². The topological polar surface area (TPSA) is 54.0 Å². The van der Waals surface area contributed by atoms with Gasteiger partial charge in [-0.3, -0.25) is 0 Å². The molecule has 0 aliphatic heterocycles. The highest BCUT2D eigenvalue weighted by molar-refractivity contribution is 5.70. The molecule has 0 saturated heterocycles. The number of ether oxygens (including phenoxy) is 4. The Bertz CT molecular complexity index is 394. The molecular weight excluding hydrogens is 296 g/mol. The smallest absolute Gasteiger partial charge is 0.332 e. The van der Waals surface area contributed by atoms with E-state index in [1.54, 1.807) is 6.92 Å². The minimum Gasteiger partial charge on any atom is -0.464 e. The van der Waals surface area contributed by atoms with Gasteiger partial charge < -0.3 is 18.9 Å². The fourth-order valence-electron chi connectivity index (χ4n) is 1.90. The van der Waals surface area contributed by atoms with Gasteiger partial charge in [0.05, 0.1) is 13.2 Å². The number of hydrogen-bond acceptors (Lipinski definition) is 5. The molecule has 0 aliphatic carbocycles. The fraction of sp³-hybridized carbons (Fsp3) is 0.611. The maximum atomic E-state index is 11.0. The summed E-state index contributed by atoms with van der Waals surface area (Å²) < 4.78 is 21.0. The lowest BCUT2D eigenvalue weighted by molar-refractivity contribution is -0.148. The first-order valence-electron chi connectivity index (χ1n) is 8.25. The Morgan fingerprint density at radius 3 is 2.26 bits per heavy atom. The van der Waals surface area contributed by atoms with Crippen LogP contribution >= 0.6 is 0 Å². The van der Waals surface area contributed by atoms with Crippen LogP contribution in [0.4, 0.5) is 0 Å². The van der Waals surface area contributed by atoms with Crippen molar-refractivity contribution in [3.05, 3.63) is 35.9 Å². The number of carbonyl (C=O) groups excluding carboxylic acids is 1. The van der Waals surface area contributed by atoms with Crippen LogP contribution in [0.3, 0.4) is 0 Å². The van der Waals surface area contributed by atoms with Crippen LogP contribution in [0, 0.1) is 0 Å². The molecule has 130 valence electrons. The van der Waals surface area contributed by atoms with Crippen LogP contribution in [0.15, 0.2) is 30.3 Å². The van der Waals surface area contributed by atoms with Gasteiger partial charge in [0, 0.05) is 26.4 Å². The van der Waals surface area contributed by atoms with Crippen molar-refractivity contribution < 1.29 is 23.7 Å². The van der Waals surface area contributed by atoms with Crippen molar-refractivity contribution in [1.82, 2.24) is 0 Å². The van der Waals surface area contributed by atoms with Gasteiger partial charge in [-0.05, 0) is 31.7 Å². The number of benzene rings is 1. The molecular formula is C18H28O5. The lowest BCUT2D eigenvalue weighted by Gasteiger charge is -2.06. The third-order valence-corrected chi connectivity index (χ3v) is 3.04. The van der Waals surface area contributed by atoms with Crippen molar-refractivity contribution >= 4 is 5.97 Å². The summed E-state index contributed by atoms with van der Waals surface area (Å²) in [4.78, 5) is 11.0. The van der Waals surface area contributed by atoms with Gasteiger partial charge in [-0.2, -0.15) is 0 Å². The molecule has 5 heteroatoms. The van der Waals surface area contributed by atoms with Gasteiger partial charge in [-0.1, -0.05) is 30.3 Å². The predicted octanol–water partition coefficient (Wildman–Crippen LogP) is 2.97. The quantitative estimate of drug-likeness (QED) is 0.389. The molecule has 1 aromatic carbocycles. The standard InChI is InChI=1S/C18H28O5/c1-2-23-18(19)16-22-14-8-13-20-11-6-7-12-21-15-17-9-4-3-5-10-17/h3-5,9-10H,2,6-8,11-16H2,1H3. The number of esters is 1. The predicted molar refractivity (Wildman–Crippen MR) is 88.2 cm³/mol. The van der Waals surface area contributed by atoms with E-state index in [-0.39, 0.29) is 12.6 Å². The molecule has 0 radical (unpaired) electrons. The Kier molecular flexibility index (Phi) is 12.1. The maximum Gasteiger partial charge on any atom is 0.332 e. The van der Waals surface area contributed by atoms with Gasteiger partial charge in [0.15, 0.2) is 0 Å². The van der Waals surface area contributed by atoms with Crippen LogP contribution in [-0.4, -0.2) is 45.6 Å². The molecule has 0 bridgehead atoms. The van der Waals surface area contributed by atoms with Gasteiger partial charge >= 0.3 is 5.97 Å². The van der Waals surface area contributed by atoms with Crippen LogP contribution in [0.25, 0.3) is 0 Å². The molecule has 1 aromatic rings. The van der Waals surface area contributed by atoms with E-state index in [9.17, 15) is 4.79 Å². The fourth-order valence-corrected chi connectivity index (χ4v) is 1.90. The SMILES string of the molecule is CCOC(=O)COCCCOCCCCOCc1ccccc1. The van der Waals surface area contributed by atoms with E-state index < -0.39 is 0 Å². The van der Waals surface area contributed by atoms with E-state index in [2.05, 4.69) is 12.1 Å². The Balaban J connectivity index is 1.77. The van der Waals surface area contributed by atoms with Crippen LogP contribution in [-0.2, 0) is 30.3 Å². The lowest BCUT2D eigenvalue weighted by atomic mass is 10.2. The van der Waals surface area contributed by atoms with Crippen LogP contribution in [0.5, 0.6) is 0 Å². The van der Waals surface area contributed by atoms with Crippen molar-refractivity contribution in [3.8, 4) is 0 Å². The number of hydrogen-bond donors (Lipinski definition) is 0. The zero-order valence-corrected chi connectivity index (χ0v) is 14.0. The van der Waals surface area contributed by atoms with Crippen molar-refractivity contribution in [2.45, 2.75) is 32.8 Å². The first-order valence-corrected chi connectivity index (χ1v) is 8.25. The maximum absolute atomic E-state index is 11.0. The second-order valence-corrected chi connectivity index (χ2v) is 5.07. The summed E-state index contributed by atoms with van der Waals surface area (Å²) >= 11 is 0. The van der Waals surface area contributed by atoms with Crippen LogP contribution < -0.4 is 0 Å². The number of unbranched alkanes of at least 4 members (excludes halogenated alkanes) is 1. The molecule has 0 spiro atoms. The summed E-state index contributed by atoms with van der Waals surface area (Å²) in [6.07, 6.45) is 2.76. The molecule has 0 amide bonds. The molecule has 5 nitrogen and oxygen atoms in total. The average molecular weight is 324 g/mol. The molecule has 1 rings (SSSR count). The third kappa shape index (κ3) is 11.8. The molecule has 23 heavy (non-hydrogen) atoms. The zero-order chi connectivity index (χ0) is 16.6. The third-order valence-electron chi connectivity index (χ3n) is 3.04. The molecule has 0 aromatic heterocycles. The number of rotatable bonds is 14. The normalized spacial score (nSPS) is 10.7. The van der Waals surface area contributed by atoms with Crippen molar-refractivity contribution in [2.24, 2.45) is 0 Å². The molecule has 0 saturated carbocycles. The van der Waals surface area contributed by atoms with Crippen molar-refractivity contribution in [1.29, 1.82) is 0 Å². The van der Waals surface area contributed by atoms with Gasteiger partial charge in [0.2, 0.25) is 0 Å². The highest BCUT2D eigenvalue weighted by Crippen LogP contribution is 2.01. The average Bonchev–Trinajstić information content (AvgIpc) is 2.57. The highest BCUT2D eigenvalue weighted by Gasteiger charge is 2.00. The van der Waals surface area contributed by atoms with E-state index in [1.807, 2.05) is 18.2 Å². The van der Waals surface area contributed by atoms with Crippen LogP contribution in [0.2, 0.25) is 0 Å². The minimum atomic E-state index is -0.316. The Labute approximate surface area is 138 Å². The molecule has 0 atom stereocenters. The van der Waals surface area contributed by atoms with E-state index in [1.165, 1.54) is 5.56 Å². The minimum absolute atomic E-state index is 0.0204. The first kappa shape index (κ1) is 19.6. The first-order chi connectivity index (χ1) is 11.3. The second kappa shape index (κ2) is 14.2. The molecule has 0 N–H and O–H groups in total. The van der Waals surface area contributed by atoms with Gasteiger partial charge in [0.1, 0.15) is 6.61 Å². The molecule has 0 unspecified atom stereocenters. The van der Waals surface area contributed by atoms with E-state index in [0.29, 0.717) is 26.4 Å². The van der Waals surface area contributed by atoms with Gasteiger partial charge in [-0.15, -0.1) is 0 Å². The summed E-state index contributed by atoms with van der Waals surface area (Å²) in [6.45, 7) is 5.49. The monoisotopic (exact) mass is 324 g/mol. The lowest BCUT2D eigenvalue weighted by Crippen LogP contribution is -2.13. The Hall–Kier alpha value is -1.43. The highest BCUT2D eigenvalue weighted by atomic mass is 16.6. The summed E-state index contributed by atoms with van der Waals surface area (Å²) in [5, 5.41) is 0. The molecule has 0 aliphatic rings.